The van der Waals surface area contributed by atoms with E-state index in [1.807, 2.05) is 0 Å². The second-order valence-electron chi connectivity index (χ2n) is 3.80. The van der Waals surface area contributed by atoms with Gasteiger partial charge in [0.05, 0.1) is 11.1 Å². The maximum absolute atomic E-state index is 5.96. The Bertz CT molecular complexity index is 396. The molecule has 0 amide bonds. The molecular formula is C11H14ClN3OS. The normalized spacial score (nSPS) is 19.0. The molecule has 1 saturated heterocycles. The van der Waals surface area contributed by atoms with Crippen molar-refractivity contribution in [2.24, 2.45) is 0 Å². The minimum absolute atomic E-state index is 0.258. The number of ether oxygens (including phenoxy) is 1. The van der Waals surface area contributed by atoms with E-state index in [1.165, 1.54) is 0 Å². The third-order valence-electron chi connectivity index (χ3n) is 2.50. The Kier molecular flexibility index (Phi) is 4.53. The van der Waals surface area contributed by atoms with Crippen LogP contribution in [0.15, 0.2) is 18.3 Å². The van der Waals surface area contributed by atoms with Crippen molar-refractivity contribution < 1.29 is 4.74 Å². The summed E-state index contributed by atoms with van der Waals surface area (Å²) in [6.07, 6.45) is 4.13. The summed E-state index contributed by atoms with van der Waals surface area (Å²) < 4.78 is 5.49. The monoisotopic (exact) mass is 271 g/mol. The highest BCUT2D eigenvalue weighted by Crippen LogP contribution is 2.17. The molecule has 1 aliphatic heterocycles. The van der Waals surface area contributed by atoms with Gasteiger partial charge in [-0.15, -0.1) is 0 Å². The van der Waals surface area contributed by atoms with Crippen LogP contribution >= 0.6 is 23.8 Å². The van der Waals surface area contributed by atoms with Gasteiger partial charge >= 0.3 is 0 Å². The first-order valence-electron chi connectivity index (χ1n) is 5.52. The van der Waals surface area contributed by atoms with Gasteiger partial charge in [0.25, 0.3) is 0 Å². The van der Waals surface area contributed by atoms with Crippen molar-refractivity contribution in [1.29, 1.82) is 0 Å². The fraction of sp³-hybridized carbons (Fsp3) is 0.455. The van der Waals surface area contributed by atoms with Gasteiger partial charge in [-0.25, -0.2) is 4.98 Å². The fourth-order valence-electron chi connectivity index (χ4n) is 1.64. The van der Waals surface area contributed by atoms with Crippen molar-refractivity contribution in [2.45, 2.75) is 18.9 Å². The van der Waals surface area contributed by atoms with E-state index in [0.29, 0.717) is 16.0 Å². The Morgan fingerprint density at radius 1 is 1.65 bits per heavy atom. The molecule has 17 heavy (non-hydrogen) atoms. The smallest absolute Gasteiger partial charge is 0.172 e. The first-order chi connectivity index (χ1) is 8.25. The van der Waals surface area contributed by atoms with Gasteiger partial charge in [0.1, 0.15) is 0 Å². The number of hydrogen-bond acceptors (Lipinski definition) is 3. The van der Waals surface area contributed by atoms with Gasteiger partial charge < -0.3 is 15.4 Å². The third kappa shape index (κ3) is 3.80. The molecule has 1 aromatic heterocycles. The van der Waals surface area contributed by atoms with Crippen LogP contribution in [-0.4, -0.2) is 29.4 Å². The Morgan fingerprint density at radius 2 is 2.53 bits per heavy atom. The van der Waals surface area contributed by atoms with Crippen molar-refractivity contribution in [3.63, 3.8) is 0 Å². The van der Waals surface area contributed by atoms with Gasteiger partial charge in [-0.1, -0.05) is 11.6 Å². The van der Waals surface area contributed by atoms with Crippen LogP contribution in [0.2, 0.25) is 5.02 Å². The van der Waals surface area contributed by atoms with Crippen molar-refractivity contribution in [3.8, 4) is 0 Å². The average Bonchev–Trinajstić information content (AvgIpc) is 2.82. The summed E-state index contributed by atoms with van der Waals surface area (Å²) in [7, 11) is 0. The number of pyridine rings is 1. The molecule has 2 rings (SSSR count). The van der Waals surface area contributed by atoms with Crippen molar-refractivity contribution in [1.82, 2.24) is 10.3 Å². The second kappa shape index (κ2) is 6.14. The van der Waals surface area contributed by atoms with E-state index in [9.17, 15) is 0 Å². The minimum Gasteiger partial charge on any atom is -0.376 e. The first kappa shape index (κ1) is 12.5. The molecule has 1 atom stereocenters. The average molecular weight is 272 g/mol. The maximum atomic E-state index is 5.96. The van der Waals surface area contributed by atoms with Gasteiger partial charge in [0.15, 0.2) is 10.9 Å². The van der Waals surface area contributed by atoms with E-state index in [1.54, 1.807) is 18.3 Å². The topological polar surface area (TPSA) is 46.2 Å². The minimum atomic E-state index is 0.258. The van der Waals surface area contributed by atoms with Crippen LogP contribution in [0.3, 0.4) is 0 Å². The number of hydrogen-bond donors (Lipinski definition) is 2. The van der Waals surface area contributed by atoms with E-state index in [0.717, 1.165) is 26.0 Å². The van der Waals surface area contributed by atoms with E-state index in [-0.39, 0.29) is 6.10 Å². The lowest BCUT2D eigenvalue weighted by Gasteiger charge is -2.13. The molecule has 0 saturated carbocycles. The zero-order chi connectivity index (χ0) is 12.1. The van der Waals surface area contributed by atoms with Gasteiger partial charge in [-0.2, -0.15) is 0 Å². The molecule has 2 N–H and O–H groups in total. The summed E-state index contributed by atoms with van der Waals surface area (Å²) in [5.41, 5.74) is 0. The van der Waals surface area contributed by atoms with Crippen LogP contribution in [0.1, 0.15) is 12.8 Å². The number of nitrogens with one attached hydrogen (secondary N) is 2. The standard InChI is InChI=1S/C11H14ClN3OS/c12-9-4-1-5-13-10(9)15-11(17)14-7-8-3-2-6-16-8/h1,4-5,8H,2-3,6-7H2,(H2,13,14,15,17). The largest absolute Gasteiger partial charge is 0.376 e. The van der Waals surface area contributed by atoms with Crippen molar-refractivity contribution >= 4 is 34.7 Å². The molecule has 92 valence electrons. The molecule has 1 aliphatic rings. The maximum Gasteiger partial charge on any atom is 0.172 e. The highest BCUT2D eigenvalue weighted by atomic mass is 35.5. The first-order valence-corrected chi connectivity index (χ1v) is 6.31. The Hall–Kier alpha value is -0.910. The molecule has 0 radical (unpaired) electrons. The van der Waals surface area contributed by atoms with Gasteiger partial charge in [0.2, 0.25) is 0 Å². The number of thiocarbonyl (C=S) groups is 1. The van der Waals surface area contributed by atoms with Crippen molar-refractivity contribution in [3.05, 3.63) is 23.4 Å². The highest BCUT2D eigenvalue weighted by molar-refractivity contribution is 7.80. The number of halogens is 1. The quantitative estimate of drug-likeness (QED) is 0.826. The highest BCUT2D eigenvalue weighted by Gasteiger charge is 2.15. The van der Waals surface area contributed by atoms with Crippen molar-refractivity contribution in [2.75, 3.05) is 18.5 Å². The van der Waals surface area contributed by atoms with E-state index < -0.39 is 0 Å². The van der Waals surface area contributed by atoms with E-state index in [2.05, 4.69) is 15.6 Å². The summed E-state index contributed by atoms with van der Waals surface area (Å²) >= 11 is 11.1. The fourth-order valence-corrected chi connectivity index (χ4v) is 1.99. The predicted octanol–water partition coefficient (Wildman–Crippen LogP) is 2.20. The molecule has 6 heteroatoms. The molecule has 2 heterocycles. The Labute approximate surface area is 111 Å². The number of nitrogens with zero attached hydrogens (tertiary/aromatic N) is 1. The SMILES string of the molecule is S=C(NCC1CCCO1)Nc1ncccc1Cl. The summed E-state index contributed by atoms with van der Waals surface area (Å²) in [6.45, 7) is 1.56. The number of aromatic nitrogens is 1. The lowest BCUT2D eigenvalue weighted by molar-refractivity contribution is 0.114. The zero-order valence-corrected chi connectivity index (χ0v) is 10.9. The molecule has 1 unspecified atom stereocenters. The Morgan fingerprint density at radius 3 is 3.24 bits per heavy atom. The molecule has 1 aromatic rings. The molecule has 0 bridgehead atoms. The molecular weight excluding hydrogens is 258 g/mol. The van der Waals surface area contributed by atoms with Crippen LogP contribution in [0.4, 0.5) is 5.82 Å². The van der Waals surface area contributed by atoms with Crippen LogP contribution in [0.25, 0.3) is 0 Å². The lowest BCUT2D eigenvalue weighted by Crippen LogP contribution is -2.35. The summed E-state index contributed by atoms with van der Waals surface area (Å²) in [5, 5.41) is 7.12. The van der Waals surface area contributed by atoms with E-state index in [4.69, 9.17) is 28.6 Å². The van der Waals surface area contributed by atoms with Crippen LogP contribution in [0.5, 0.6) is 0 Å². The molecule has 0 aliphatic carbocycles. The number of anilines is 1. The molecule has 4 nitrogen and oxygen atoms in total. The Balaban J connectivity index is 1.79. The second-order valence-corrected chi connectivity index (χ2v) is 4.62. The molecule has 0 spiro atoms. The summed E-state index contributed by atoms with van der Waals surface area (Å²) in [6, 6.07) is 3.54. The molecule has 1 fully saturated rings. The third-order valence-corrected chi connectivity index (χ3v) is 3.06. The summed E-state index contributed by atoms with van der Waals surface area (Å²) in [4.78, 5) is 4.10. The van der Waals surface area contributed by atoms with Crippen LogP contribution in [0, 0.1) is 0 Å². The van der Waals surface area contributed by atoms with Crippen LogP contribution < -0.4 is 10.6 Å². The number of rotatable bonds is 3. The van der Waals surface area contributed by atoms with Gasteiger partial charge in [-0.3, -0.25) is 0 Å². The summed E-state index contributed by atoms with van der Waals surface area (Å²) in [5.74, 6) is 0.569. The van der Waals surface area contributed by atoms with E-state index >= 15 is 0 Å². The van der Waals surface area contributed by atoms with Crippen LogP contribution in [-0.2, 0) is 4.74 Å². The van der Waals surface area contributed by atoms with Gasteiger partial charge in [0, 0.05) is 19.3 Å². The molecule has 0 aromatic carbocycles. The lowest BCUT2D eigenvalue weighted by atomic mass is 10.2. The van der Waals surface area contributed by atoms with Gasteiger partial charge in [-0.05, 0) is 37.2 Å². The zero-order valence-electron chi connectivity index (χ0n) is 9.28. The predicted molar refractivity (Wildman–Crippen MR) is 72.4 cm³/mol.